The first kappa shape index (κ1) is 14.5. The van der Waals surface area contributed by atoms with Gasteiger partial charge in [0.15, 0.2) is 11.8 Å². The Morgan fingerprint density at radius 1 is 1.35 bits per heavy atom. The summed E-state index contributed by atoms with van der Waals surface area (Å²) in [5, 5.41) is 9.24. The second kappa shape index (κ2) is 5.63. The van der Waals surface area contributed by atoms with E-state index in [-0.39, 0.29) is 0 Å². The molecule has 1 amide bonds. The van der Waals surface area contributed by atoms with E-state index in [0.717, 1.165) is 15.8 Å². The average Bonchev–Trinajstić information content (AvgIpc) is 2.36. The van der Waals surface area contributed by atoms with Gasteiger partial charge in [0.1, 0.15) is 0 Å². The normalized spacial score (nSPS) is 15.7. The maximum absolute atomic E-state index is 12.5. The van der Waals surface area contributed by atoms with E-state index >= 15 is 0 Å². The first-order valence-electron chi connectivity index (χ1n) is 6.18. The molecule has 1 aromatic carbocycles. The third kappa shape index (κ3) is 2.68. The molecule has 0 atom stereocenters. The van der Waals surface area contributed by atoms with Crippen molar-refractivity contribution in [1.29, 1.82) is 5.26 Å². The van der Waals surface area contributed by atoms with E-state index < -0.39 is 17.5 Å². The monoisotopic (exact) mass is 336 g/mol. The third-order valence-corrected chi connectivity index (χ3v) is 3.81. The average molecular weight is 337 g/mol. The summed E-state index contributed by atoms with van der Waals surface area (Å²) in [5.41, 5.74) is -0.714. The minimum Gasteiger partial charge on any atom is -0.449 e. The number of carbonyl (C=O) groups excluding carboxylic acids is 2. The molecule has 2 rings (SSSR count). The number of hydrogen-bond acceptors (Lipinski definition) is 4. The highest BCUT2D eigenvalue weighted by molar-refractivity contribution is 9.10. The number of nitrogens with zero attached hydrogens (tertiary/aromatic N) is 2. The molecule has 0 aromatic heterocycles. The molecule has 0 spiro atoms. The smallest absolute Gasteiger partial charge is 0.303 e. The number of ether oxygens (including phenoxy) is 1. The number of rotatable bonds is 3. The molecule has 0 saturated heterocycles. The van der Waals surface area contributed by atoms with Crippen molar-refractivity contribution in [3.63, 3.8) is 0 Å². The van der Waals surface area contributed by atoms with Gasteiger partial charge in [0, 0.05) is 11.4 Å². The van der Waals surface area contributed by atoms with Crippen LogP contribution in [-0.4, -0.2) is 17.5 Å². The molecule has 6 heteroatoms. The van der Waals surface area contributed by atoms with E-state index in [1.165, 1.54) is 6.92 Å². The van der Waals surface area contributed by atoms with Gasteiger partial charge in [0.25, 0.3) is 5.91 Å². The van der Waals surface area contributed by atoms with Crippen LogP contribution in [-0.2, 0) is 14.3 Å². The fourth-order valence-corrected chi connectivity index (χ4v) is 2.41. The Kier molecular flexibility index (Phi) is 4.09. The molecule has 104 valence electrons. The number of anilines is 1. The second-order valence-corrected chi connectivity index (χ2v) is 5.57. The SMILES string of the molecule is CC(=O)OC1(C(=O)N(C#N)c2ccc(Br)cc2)CCC1. The van der Waals surface area contributed by atoms with Crippen LogP contribution in [0.15, 0.2) is 28.7 Å². The molecule has 1 fully saturated rings. The molecule has 0 N–H and O–H groups in total. The van der Waals surface area contributed by atoms with E-state index in [1.807, 2.05) is 6.19 Å². The predicted octanol–water partition coefficient (Wildman–Crippen LogP) is 2.75. The van der Waals surface area contributed by atoms with Gasteiger partial charge in [-0.25, -0.2) is 4.90 Å². The highest BCUT2D eigenvalue weighted by Gasteiger charge is 2.50. The van der Waals surface area contributed by atoms with Crippen molar-refractivity contribution in [2.24, 2.45) is 0 Å². The van der Waals surface area contributed by atoms with Crippen molar-refractivity contribution >= 4 is 33.5 Å². The van der Waals surface area contributed by atoms with Crippen molar-refractivity contribution in [1.82, 2.24) is 0 Å². The van der Waals surface area contributed by atoms with Crippen molar-refractivity contribution in [2.75, 3.05) is 4.90 Å². The lowest BCUT2D eigenvalue weighted by atomic mass is 9.78. The van der Waals surface area contributed by atoms with E-state index in [0.29, 0.717) is 18.5 Å². The predicted molar refractivity (Wildman–Crippen MR) is 75.6 cm³/mol. The van der Waals surface area contributed by atoms with Gasteiger partial charge in [-0.1, -0.05) is 15.9 Å². The largest absolute Gasteiger partial charge is 0.449 e. The Hall–Kier alpha value is -1.87. The van der Waals surface area contributed by atoms with E-state index in [4.69, 9.17) is 4.74 Å². The second-order valence-electron chi connectivity index (χ2n) is 4.66. The van der Waals surface area contributed by atoms with Crippen LogP contribution in [0.25, 0.3) is 0 Å². The molecule has 0 radical (unpaired) electrons. The van der Waals surface area contributed by atoms with Crippen LogP contribution in [0.1, 0.15) is 26.2 Å². The van der Waals surface area contributed by atoms with Crippen LogP contribution in [0.2, 0.25) is 0 Å². The van der Waals surface area contributed by atoms with Crippen molar-refractivity contribution in [3.8, 4) is 6.19 Å². The maximum atomic E-state index is 12.5. The molecule has 0 aliphatic heterocycles. The Morgan fingerprint density at radius 3 is 2.35 bits per heavy atom. The van der Waals surface area contributed by atoms with E-state index in [1.54, 1.807) is 24.3 Å². The Bertz CT molecular complexity index is 573. The standard InChI is InChI=1S/C14H13BrN2O3/c1-10(18)20-14(7-2-8-14)13(19)17(9-16)12-5-3-11(15)4-6-12/h3-6H,2,7-8H2,1H3. The van der Waals surface area contributed by atoms with Crippen LogP contribution in [0.4, 0.5) is 5.69 Å². The number of nitriles is 1. The van der Waals surface area contributed by atoms with Gasteiger partial charge in [-0.05, 0) is 43.5 Å². The van der Waals surface area contributed by atoms with Gasteiger partial charge < -0.3 is 4.74 Å². The van der Waals surface area contributed by atoms with Gasteiger partial charge in [-0.15, -0.1) is 0 Å². The Morgan fingerprint density at radius 2 is 1.95 bits per heavy atom. The summed E-state index contributed by atoms with van der Waals surface area (Å²) < 4.78 is 6.02. The first-order chi connectivity index (χ1) is 9.48. The van der Waals surface area contributed by atoms with Gasteiger partial charge in [0.05, 0.1) is 5.69 Å². The van der Waals surface area contributed by atoms with Crippen LogP contribution in [0, 0.1) is 11.5 Å². The summed E-state index contributed by atoms with van der Waals surface area (Å²) in [7, 11) is 0. The zero-order valence-corrected chi connectivity index (χ0v) is 12.5. The minimum atomic E-state index is -1.17. The molecule has 20 heavy (non-hydrogen) atoms. The van der Waals surface area contributed by atoms with Crippen LogP contribution < -0.4 is 4.90 Å². The molecule has 0 heterocycles. The molecule has 1 aliphatic rings. The topological polar surface area (TPSA) is 70.4 Å². The number of carbonyl (C=O) groups is 2. The zero-order chi connectivity index (χ0) is 14.8. The van der Waals surface area contributed by atoms with Gasteiger partial charge in [0.2, 0.25) is 0 Å². The highest BCUT2D eigenvalue weighted by Crippen LogP contribution is 2.38. The summed E-state index contributed by atoms with van der Waals surface area (Å²) >= 11 is 3.29. The molecule has 1 aromatic rings. The quantitative estimate of drug-likeness (QED) is 0.483. The van der Waals surface area contributed by atoms with Gasteiger partial charge in [-0.3, -0.25) is 9.59 Å². The molecular formula is C14H13BrN2O3. The highest BCUT2D eigenvalue weighted by atomic mass is 79.9. The molecular weight excluding hydrogens is 324 g/mol. The summed E-state index contributed by atoms with van der Waals surface area (Å²) in [6, 6.07) is 6.80. The number of amides is 1. The lowest BCUT2D eigenvalue weighted by Gasteiger charge is -2.40. The van der Waals surface area contributed by atoms with E-state index in [2.05, 4.69) is 15.9 Å². The number of benzene rings is 1. The summed E-state index contributed by atoms with van der Waals surface area (Å²) in [5.74, 6) is -0.990. The summed E-state index contributed by atoms with van der Waals surface area (Å²) in [6.07, 6.45) is 3.58. The molecule has 0 unspecified atom stereocenters. The lowest BCUT2D eigenvalue weighted by Crippen LogP contribution is -2.54. The molecule has 0 bridgehead atoms. The summed E-state index contributed by atoms with van der Waals surface area (Å²) in [4.78, 5) is 24.7. The molecule has 1 aliphatic carbocycles. The summed E-state index contributed by atoms with van der Waals surface area (Å²) in [6.45, 7) is 1.27. The first-order valence-corrected chi connectivity index (χ1v) is 6.97. The molecule has 1 saturated carbocycles. The van der Waals surface area contributed by atoms with E-state index in [9.17, 15) is 14.9 Å². The number of halogens is 1. The fraction of sp³-hybridized carbons (Fsp3) is 0.357. The van der Waals surface area contributed by atoms with Crippen molar-refractivity contribution in [2.45, 2.75) is 31.8 Å². The zero-order valence-electron chi connectivity index (χ0n) is 10.9. The van der Waals surface area contributed by atoms with Crippen LogP contribution >= 0.6 is 15.9 Å². The fourth-order valence-electron chi connectivity index (χ4n) is 2.15. The third-order valence-electron chi connectivity index (χ3n) is 3.28. The molecule has 5 nitrogen and oxygen atoms in total. The van der Waals surface area contributed by atoms with Gasteiger partial charge >= 0.3 is 5.97 Å². The minimum absolute atomic E-state index is 0.458. The van der Waals surface area contributed by atoms with Crippen molar-refractivity contribution < 1.29 is 14.3 Å². The van der Waals surface area contributed by atoms with Crippen LogP contribution in [0.5, 0.6) is 0 Å². The van der Waals surface area contributed by atoms with Crippen LogP contribution in [0.3, 0.4) is 0 Å². The lowest BCUT2D eigenvalue weighted by molar-refractivity contribution is -0.174. The van der Waals surface area contributed by atoms with Gasteiger partial charge in [-0.2, -0.15) is 5.26 Å². The Labute approximate surface area is 125 Å². The maximum Gasteiger partial charge on any atom is 0.303 e. The van der Waals surface area contributed by atoms with Crippen molar-refractivity contribution in [3.05, 3.63) is 28.7 Å². The Balaban J connectivity index is 2.27. The number of hydrogen-bond donors (Lipinski definition) is 0. The number of esters is 1.